The van der Waals surface area contributed by atoms with Gasteiger partial charge in [-0.3, -0.25) is 0 Å². The fourth-order valence-corrected chi connectivity index (χ4v) is 2.59. The molecule has 82 valence electrons. The maximum atomic E-state index is 6.28. The highest BCUT2D eigenvalue weighted by molar-refractivity contribution is 6.33. The summed E-state index contributed by atoms with van der Waals surface area (Å²) in [5.74, 6) is 0. The molecule has 0 radical (unpaired) electrons. The Kier molecular flexibility index (Phi) is 3.17. The van der Waals surface area contributed by atoms with Crippen LogP contribution in [-0.4, -0.2) is 20.1 Å². The molecule has 2 rings (SSSR count). The summed E-state index contributed by atoms with van der Waals surface area (Å²) in [5.41, 5.74) is 9.43. The summed E-state index contributed by atoms with van der Waals surface area (Å²) in [6.07, 6.45) is 3.18. The number of benzene rings is 1. The predicted octanol–water partition coefficient (Wildman–Crippen LogP) is 2.22. The van der Waals surface area contributed by atoms with Crippen LogP contribution < -0.4 is 10.6 Å². The van der Waals surface area contributed by atoms with Crippen LogP contribution in [0.1, 0.15) is 17.5 Å². The molecule has 0 aromatic heterocycles. The van der Waals surface area contributed by atoms with E-state index in [9.17, 15) is 0 Å². The Bertz CT molecular complexity index is 363. The van der Waals surface area contributed by atoms with E-state index in [4.69, 9.17) is 17.3 Å². The molecule has 15 heavy (non-hydrogen) atoms. The first-order valence-electron chi connectivity index (χ1n) is 5.45. The number of aryl methyl sites for hydroxylation is 1. The van der Waals surface area contributed by atoms with Crippen LogP contribution in [0, 0.1) is 0 Å². The highest BCUT2D eigenvalue weighted by atomic mass is 35.5. The summed E-state index contributed by atoms with van der Waals surface area (Å²) in [5, 5.41) is 0.888. The van der Waals surface area contributed by atoms with Gasteiger partial charge in [-0.2, -0.15) is 0 Å². The first-order valence-corrected chi connectivity index (χ1v) is 5.82. The number of anilines is 1. The summed E-state index contributed by atoms with van der Waals surface area (Å²) >= 11 is 6.28. The van der Waals surface area contributed by atoms with Gasteiger partial charge in [0.25, 0.3) is 0 Å². The molecule has 0 aliphatic carbocycles. The lowest BCUT2D eigenvalue weighted by atomic mass is 10.0. The second kappa shape index (κ2) is 4.42. The number of halogens is 1. The van der Waals surface area contributed by atoms with E-state index < -0.39 is 0 Å². The Morgan fingerprint density at radius 1 is 1.47 bits per heavy atom. The molecule has 0 saturated carbocycles. The molecule has 1 aromatic rings. The highest BCUT2D eigenvalue weighted by Crippen LogP contribution is 2.35. The number of nitrogens with two attached hydrogens (primary N) is 1. The first-order chi connectivity index (χ1) is 7.22. The van der Waals surface area contributed by atoms with Crippen LogP contribution in [0.15, 0.2) is 12.1 Å². The van der Waals surface area contributed by atoms with Crippen molar-refractivity contribution in [2.75, 3.05) is 25.0 Å². The lowest BCUT2D eigenvalue weighted by molar-refractivity contribution is 0.832. The minimum absolute atomic E-state index is 0.745. The van der Waals surface area contributed by atoms with Crippen molar-refractivity contribution in [2.24, 2.45) is 5.73 Å². The number of likely N-dealkylation sites (N-methyl/N-ethyl adjacent to an activating group) is 1. The van der Waals surface area contributed by atoms with Gasteiger partial charge in [-0.05, 0) is 43.0 Å². The third-order valence-corrected chi connectivity index (χ3v) is 3.26. The zero-order valence-corrected chi connectivity index (χ0v) is 9.85. The van der Waals surface area contributed by atoms with Gasteiger partial charge in [0.15, 0.2) is 0 Å². The van der Waals surface area contributed by atoms with Crippen molar-refractivity contribution in [3.63, 3.8) is 0 Å². The van der Waals surface area contributed by atoms with Gasteiger partial charge in [0.1, 0.15) is 0 Å². The second-order valence-electron chi connectivity index (χ2n) is 4.15. The van der Waals surface area contributed by atoms with Gasteiger partial charge in [0.05, 0.1) is 10.7 Å². The van der Waals surface area contributed by atoms with Gasteiger partial charge in [0, 0.05) is 13.6 Å². The summed E-state index contributed by atoms with van der Waals surface area (Å²) in [6, 6.07) is 4.36. The van der Waals surface area contributed by atoms with E-state index in [0.29, 0.717) is 0 Å². The summed E-state index contributed by atoms with van der Waals surface area (Å²) in [6.45, 7) is 1.82. The smallest absolute Gasteiger partial charge is 0.0645 e. The summed E-state index contributed by atoms with van der Waals surface area (Å²) in [4.78, 5) is 2.23. The highest BCUT2D eigenvalue weighted by Gasteiger charge is 2.19. The van der Waals surface area contributed by atoms with Gasteiger partial charge >= 0.3 is 0 Å². The maximum absolute atomic E-state index is 6.28. The average Bonchev–Trinajstić information content (AvgIpc) is 2.58. The molecule has 1 aromatic carbocycles. The van der Waals surface area contributed by atoms with Crippen molar-refractivity contribution in [2.45, 2.75) is 19.3 Å². The van der Waals surface area contributed by atoms with E-state index in [2.05, 4.69) is 24.1 Å². The Balaban J connectivity index is 2.27. The zero-order valence-electron chi connectivity index (χ0n) is 9.09. The molecule has 2 N–H and O–H groups in total. The molecular formula is C12H17ClN2. The first kappa shape index (κ1) is 10.8. The third kappa shape index (κ3) is 2.11. The molecule has 0 saturated heterocycles. The van der Waals surface area contributed by atoms with Gasteiger partial charge in [-0.25, -0.2) is 0 Å². The number of nitrogens with zero attached hydrogens (tertiary/aromatic N) is 1. The van der Waals surface area contributed by atoms with Crippen LogP contribution in [0.25, 0.3) is 0 Å². The standard InChI is InChI=1S/C12H17ClN2/c1-15-6-4-10-7-9(3-2-5-14)8-11(13)12(10)15/h7-8H,2-6,14H2,1H3. The van der Waals surface area contributed by atoms with Crippen molar-refractivity contribution in [1.82, 2.24) is 0 Å². The van der Waals surface area contributed by atoms with E-state index in [-0.39, 0.29) is 0 Å². The maximum Gasteiger partial charge on any atom is 0.0645 e. The largest absolute Gasteiger partial charge is 0.373 e. The zero-order chi connectivity index (χ0) is 10.8. The fourth-order valence-electron chi connectivity index (χ4n) is 2.19. The van der Waals surface area contributed by atoms with Crippen LogP contribution in [0.4, 0.5) is 5.69 Å². The summed E-state index contributed by atoms with van der Waals surface area (Å²) in [7, 11) is 2.09. The molecule has 1 heterocycles. The van der Waals surface area contributed by atoms with Gasteiger partial charge in [0.2, 0.25) is 0 Å². The molecule has 0 amide bonds. The monoisotopic (exact) mass is 224 g/mol. The molecule has 0 spiro atoms. The quantitative estimate of drug-likeness (QED) is 0.853. The molecule has 0 bridgehead atoms. The normalized spacial score (nSPS) is 14.5. The summed E-state index contributed by atoms with van der Waals surface area (Å²) < 4.78 is 0. The third-order valence-electron chi connectivity index (χ3n) is 2.97. The molecule has 1 aliphatic rings. The topological polar surface area (TPSA) is 29.3 Å². The van der Waals surface area contributed by atoms with E-state index in [1.807, 2.05) is 0 Å². The molecule has 3 heteroatoms. The molecule has 2 nitrogen and oxygen atoms in total. The van der Waals surface area contributed by atoms with Crippen molar-refractivity contribution < 1.29 is 0 Å². The Hall–Kier alpha value is -0.730. The van der Waals surface area contributed by atoms with E-state index in [1.54, 1.807) is 0 Å². The van der Waals surface area contributed by atoms with Crippen molar-refractivity contribution in [3.05, 3.63) is 28.3 Å². The van der Waals surface area contributed by atoms with Crippen LogP contribution in [0.5, 0.6) is 0 Å². The molecule has 0 atom stereocenters. The average molecular weight is 225 g/mol. The lowest BCUT2D eigenvalue weighted by Gasteiger charge is -2.14. The Morgan fingerprint density at radius 2 is 2.27 bits per heavy atom. The van der Waals surface area contributed by atoms with Crippen LogP contribution >= 0.6 is 11.6 Å². The van der Waals surface area contributed by atoms with Crippen LogP contribution in [-0.2, 0) is 12.8 Å². The lowest BCUT2D eigenvalue weighted by Crippen LogP contribution is -2.12. The molecule has 0 unspecified atom stereocenters. The molecule has 1 aliphatic heterocycles. The number of hydrogen-bond acceptors (Lipinski definition) is 2. The predicted molar refractivity (Wildman–Crippen MR) is 65.8 cm³/mol. The van der Waals surface area contributed by atoms with Crippen molar-refractivity contribution in [3.8, 4) is 0 Å². The van der Waals surface area contributed by atoms with Crippen molar-refractivity contribution >= 4 is 17.3 Å². The van der Waals surface area contributed by atoms with Crippen LogP contribution in [0.2, 0.25) is 5.02 Å². The van der Waals surface area contributed by atoms with Crippen molar-refractivity contribution in [1.29, 1.82) is 0 Å². The number of fused-ring (bicyclic) bond motifs is 1. The van der Waals surface area contributed by atoms with E-state index in [0.717, 1.165) is 37.4 Å². The van der Waals surface area contributed by atoms with Gasteiger partial charge in [-0.15, -0.1) is 0 Å². The van der Waals surface area contributed by atoms with Gasteiger partial charge in [-0.1, -0.05) is 17.7 Å². The van der Waals surface area contributed by atoms with Crippen LogP contribution in [0.3, 0.4) is 0 Å². The Morgan fingerprint density at radius 3 is 3.00 bits per heavy atom. The minimum Gasteiger partial charge on any atom is -0.373 e. The van der Waals surface area contributed by atoms with Gasteiger partial charge < -0.3 is 10.6 Å². The Labute approximate surface area is 96.0 Å². The molecule has 0 fully saturated rings. The van der Waals surface area contributed by atoms with E-state index >= 15 is 0 Å². The number of hydrogen-bond donors (Lipinski definition) is 1. The molecular weight excluding hydrogens is 208 g/mol. The van der Waals surface area contributed by atoms with E-state index in [1.165, 1.54) is 16.8 Å². The second-order valence-corrected chi connectivity index (χ2v) is 4.56. The minimum atomic E-state index is 0.745. The fraction of sp³-hybridized carbons (Fsp3) is 0.500. The SMILES string of the molecule is CN1CCc2cc(CCCN)cc(Cl)c21. The number of rotatable bonds is 3.